The molecule has 0 radical (unpaired) electrons. The molecule has 0 unspecified atom stereocenters. The number of rotatable bonds is 6. The Morgan fingerprint density at radius 3 is 2.92 bits per heavy atom. The van der Waals surface area contributed by atoms with Crippen molar-refractivity contribution in [3.8, 4) is 0 Å². The standard InChI is InChI=1S/C18H20N4OS/c1-12-6-7-15-16(10-12)22-18(21-15)24-11-17(23)19-9-8-14-5-3-4-13(2)20-14/h3-7,10H,8-9,11H2,1-2H3,(H,19,23)(H,21,22). The number of fused-ring (bicyclic) bond motifs is 1. The highest BCUT2D eigenvalue weighted by Crippen LogP contribution is 2.20. The number of aromatic amines is 1. The minimum atomic E-state index is 0.00397. The number of H-pyrrole nitrogens is 1. The average Bonchev–Trinajstić information content (AvgIpc) is 2.95. The van der Waals surface area contributed by atoms with Gasteiger partial charge in [0, 0.05) is 24.4 Å². The van der Waals surface area contributed by atoms with E-state index in [9.17, 15) is 4.79 Å². The lowest BCUT2D eigenvalue weighted by molar-refractivity contribution is -0.118. The molecule has 5 nitrogen and oxygen atoms in total. The van der Waals surface area contributed by atoms with Crippen molar-refractivity contribution in [2.24, 2.45) is 0 Å². The Labute approximate surface area is 145 Å². The predicted molar refractivity (Wildman–Crippen MR) is 97.2 cm³/mol. The molecule has 2 aromatic heterocycles. The van der Waals surface area contributed by atoms with E-state index in [4.69, 9.17) is 0 Å². The summed E-state index contributed by atoms with van der Waals surface area (Å²) in [6.45, 7) is 4.60. The van der Waals surface area contributed by atoms with Gasteiger partial charge in [-0.15, -0.1) is 0 Å². The lowest BCUT2D eigenvalue weighted by Gasteiger charge is -2.04. The minimum absolute atomic E-state index is 0.00397. The van der Waals surface area contributed by atoms with Crippen molar-refractivity contribution in [3.63, 3.8) is 0 Å². The van der Waals surface area contributed by atoms with Crippen LogP contribution in [0.3, 0.4) is 0 Å². The van der Waals surface area contributed by atoms with Crippen molar-refractivity contribution >= 4 is 28.7 Å². The van der Waals surface area contributed by atoms with E-state index in [0.29, 0.717) is 12.3 Å². The van der Waals surface area contributed by atoms with E-state index in [0.717, 1.165) is 34.0 Å². The summed E-state index contributed by atoms with van der Waals surface area (Å²) in [5, 5.41) is 3.69. The second kappa shape index (κ2) is 7.49. The number of nitrogens with one attached hydrogen (secondary N) is 2. The topological polar surface area (TPSA) is 70.7 Å². The van der Waals surface area contributed by atoms with E-state index < -0.39 is 0 Å². The zero-order valence-corrected chi connectivity index (χ0v) is 14.6. The van der Waals surface area contributed by atoms with Crippen LogP contribution < -0.4 is 5.32 Å². The number of aryl methyl sites for hydroxylation is 2. The Morgan fingerprint density at radius 1 is 1.21 bits per heavy atom. The van der Waals surface area contributed by atoms with Crippen molar-refractivity contribution in [1.82, 2.24) is 20.3 Å². The first-order valence-electron chi connectivity index (χ1n) is 7.88. The van der Waals surface area contributed by atoms with Crippen molar-refractivity contribution in [1.29, 1.82) is 0 Å². The number of carbonyl (C=O) groups excluding carboxylic acids is 1. The molecule has 1 amide bonds. The van der Waals surface area contributed by atoms with Crippen molar-refractivity contribution in [2.45, 2.75) is 25.4 Å². The molecule has 0 aliphatic heterocycles. The first-order chi connectivity index (χ1) is 11.6. The first kappa shape index (κ1) is 16.5. The molecule has 0 saturated carbocycles. The number of carbonyl (C=O) groups is 1. The fourth-order valence-electron chi connectivity index (χ4n) is 2.42. The van der Waals surface area contributed by atoms with E-state index in [1.54, 1.807) is 0 Å². The van der Waals surface area contributed by atoms with E-state index >= 15 is 0 Å². The van der Waals surface area contributed by atoms with Gasteiger partial charge in [0.05, 0.1) is 16.8 Å². The summed E-state index contributed by atoms with van der Waals surface area (Å²) in [6, 6.07) is 12.0. The number of thioether (sulfide) groups is 1. The number of hydrogen-bond acceptors (Lipinski definition) is 4. The molecule has 124 valence electrons. The largest absolute Gasteiger partial charge is 0.355 e. The maximum absolute atomic E-state index is 11.9. The molecule has 0 saturated heterocycles. The molecule has 3 rings (SSSR count). The molecule has 6 heteroatoms. The predicted octanol–water partition coefficient (Wildman–Crippen LogP) is 3.03. The highest BCUT2D eigenvalue weighted by molar-refractivity contribution is 7.99. The van der Waals surface area contributed by atoms with Gasteiger partial charge in [-0.1, -0.05) is 23.9 Å². The van der Waals surface area contributed by atoms with Crippen LogP contribution in [0.1, 0.15) is 17.0 Å². The second-order valence-corrected chi connectivity index (χ2v) is 6.69. The third kappa shape index (κ3) is 4.35. The molecule has 0 spiro atoms. The molecule has 2 heterocycles. The van der Waals surface area contributed by atoms with Crippen LogP contribution in [0.25, 0.3) is 11.0 Å². The summed E-state index contributed by atoms with van der Waals surface area (Å²) in [7, 11) is 0. The van der Waals surface area contributed by atoms with Crippen LogP contribution in [-0.2, 0) is 11.2 Å². The number of amides is 1. The van der Waals surface area contributed by atoms with Crippen molar-refractivity contribution in [3.05, 3.63) is 53.3 Å². The van der Waals surface area contributed by atoms with Crippen LogP contribution in [0, 0.1) is 13.8 Å². The fourth-order valence-corrected chi connectivity index (χ4v) is 3.14. The van der Waals surface area contributed by atoms with E-state index in [-0.39, 0.29) is 5.91 Å². The van der Waals surface area contributed by atoms with Gasteiger partial charge >= 0.3 is 0 Å². The maximum Gasteiger partial charge on any atom is 0.230 e. The Kier molecular flexibility index (Phi) is 5.15. The molecule has 1 aromatic carbocycles. The molecular formula is C18H20N4OS. The number of benzene rings is 1. The normalized spacial score (nSPS) is 10.9. The quantitative estimate of drug-likeness (QED) is 0.677. The summed E-state index contributed by atoms with van der Waals surface area (Å²) in [4.78, 5) is 24.1. The lowest BCUT2D eigenvalue weighted by Crippen LogP contribution is -2.27. The molecule has 0 aliphatic rings. The zero-order chi connectivity index (χ0) is 16.9. The van der Waals surface area contributed by atoms with Gasteiger partial charge in [0.1, 0.15) is 0 Å². The van der Waals surface area contributed by atoms with Crippen LogP contribution in [0.4, 0.5) is 0 Å². The summed E-state index contributed by atoms with van der Waals surface area (Å²) < 4.78 is 0. The Morgan fingerprint density at radius 2 is 2.08 bits per heavy atom. The van der Waals surface area contributed by atoms with Crippen LogP contribution in [0.2, 0.25) is 0 Å². The van der Waals surface area contributed by atoms with Gasteiger partial charge < -0.3 is 10.3 Å². The molecule has 3 aromatic rings. The van der Waals surface area contributed by atoms with Crippen molar-refractivity contribution < 1.29 is 4.79 Å². The van der Waals surface area contributed by atoms with Gasteiger partial charge in [-0.25, -0.2) is 4.98 Å². The average molecular weight is 340 g/mol. The number of aromatic nitrogens is 3. The van der Waals surface area contributed by atoms with Gasteiger partial charge in [-0.3, -0.25) is 9.78 Å². The third-order valence-corrected chi connectivity index (χ3v) is 4.48. The van der Waals surface area contributed by atoms with Crippen LogP contribution in [0.5, 0.6) is 0 Å². The highest BCUT2D eigenvalue weighted by atomic mass is 32.2. The SMILES string of the molecule is Cc1ccc2nc(SCC(=O)NCCc3cccc(C)n3)[nH]c2c1. The fraction of sp³-hybridized carbons (Fsp3) is 0.278. The smallest absolute Gasteiger partial charge is 0.230 e. The molecule has 0 aliphatic carbocycles. The third-order valence-electron chi connectivity index (χ3n) is 3.60. The summed E-state index contributed by atoms with van der Waals surface area (Å²) in [6.07, 6.45) is 0.738. The zero-order valence-electron chi connectivity index (χ0n) is 13.8. The Balaban J connectivity index is 1.46. The van der Waals surface area contributed by atoms with Crippen molar-refractivity contribution in [2.75, 3.05) is 12.3 Å². The van der Waals surface area contributed by atoms with Crippen LogP contribution in [-0.4, -0.2) is 33.2 Å². The van der Waals surface area contributed by atoms with Crippen LogP contribution in [0.15, 0.2) is 41.6 Å². The number of pyridine rings is 1. The lowest BCUT2D eigenvalue weighted by atomic mass is 10.2. The molecular weight excluding hydrogens is 320 g/mol. The van der Waals surface area contributed by atoms with Gasteiger partial charge in [-0.2, -0.15) is 0 Å². The summed E-state index contributed by atoms with van der Waals surface area (Å²) >= 11 is 1.41. The first-order valence-corrected chi connectivity index (χ1v) is 8.87. The van der Waals surface area contributed by atoms with Gasteiger partial charge in [0.2, 0.25) is 5.91 Å². The number of imidazole rings is 1. The van der Waals surface area contributed by atoms with Gasteiger partial charge in [0.15, 0.2) is 5.16 Å². The Hall–Kier alpha value is -2.34. The highest BCUT2D eigenvalue weighted by Gasteiger charge is 2.07. The summed E-state index contributed by atoms with van der Waals surface area (Å²) in [5.74, 6) is 0.351. The summed E-state index contributed by atoms with van der Waals surface area (Å²) in [5.41, 5.74) is 5.10. The monoisotopic (exact) mass is 340 g/mol. The van der Waals surface area contributed by atoms with Gasteiger partial charge in [0.25, 0.3) is 0 Å². The second-order valence-electron chi connectivity index (χ2n) is 5.72. The number of hydrogen-bond donors (Lipinski definition) is 2. The Bertz CT molecular complexity index is 859. The molecule has 0 bridgehead atoms. The molecule has 0 atom stereocenters. The van der Waals surface area contributed by atoms with E-state index in [1.807, 2.05) is 44.2 Å². The van der Waals surface area contributed by atoms with E-state index in [2.05, 4.69) is 26.3 Å². The van der Waals surface area contributed by atoms with Gasteiger partial charge in [-0.05, 0) is 43.7 Å². The molecule has 24 heavy (non-hydrogen) atoms. The molecule has 2 N–H and O–H groups in total. The molecule has 0 fully saturated rings. The maximum atomic E-state index is 11.9. The number of nitrogens with zero attached hydrogens (tertiary/aromatic N) is 2. The van der Waals surface area contributed by atoms with E-state index in [1.165, 1.54) is 17.3 Å². The minimum Gasteiger partial charge on any atom is -0.355 e. The van der Waals surface area contributed by atoms with Crippen LogP contribution >= 0.6 is 11.8 Å².